The summed E-state index contributed by atoms with van der Waals surface area (Å²) in [5.74, 6) is 0.647. The highest BCUT2D eigenvalue weighted by Crippen LogP contribution is 2.34. The van der Waals surface area contributed by atoms with Crippen molar-refractivity contribution >= 4 is 39.7 Å². The Morgan fingerprint density at radius 1 is 1.20 bits per heavy atom. The van der Waals surface area contributed by atoms with Crippen LogP contribution in [-0.2, 0) is 0 Å². The lowest BCUT2D eigenvalue weighted by atomic mass is 9.99. The SMILES string of the molecule is Cc1sc(C2CCNCC2)nc1-c1ccc(Br)cc1.Cl. The van der Waals surface area contributed by atoms with E-state index >= 15 is 0 Å². The molecular formula is C15H18BrClN2S. The number of thiazole rings is 1. The molecule has 2 aromatic rings. The van der Waals surface area contributed by atoms with E-state index in [1.165, 1.54) is 28.3 Å². The number of hydrogen-bond donors (Lipinski definition) is 1. The molecule has 0 spiro atoms. The van der Waals surface area contributed by atoms with E-state index in [9.17, 15) is 0 Å². The molecule has 2 heterocycles. The van der Waals surface area contributed by atoms with Crippen LogP contribution in [0.15, 0.2) is 28.7 Å². The van der Waals surface area contributed by atoms with Gasteiger partial charge in [0.2, 0.25) is 0 Å². The normalized spacial score (nSPS) is 15.9. The Bertz CT molecular complexity index is 562. The summed E-state index contributed by atoms with van der Waals surface area (Å²) in [6, 6.07) is 8.44. The fourth-order valence-electron chi connectivity index (χ4n) is 2.54. The van der Waals surface area contributed by atoms with Gasteiger partial charge in [0.05, 0.1) is 10.7 Å². The molecule has 0 radical (unpaired) electrons. The number of benzene rings is 1. The molecular weight excluding hydrogens is 356 g/mol. The lowest BCUT2D eigenvalue weighted by Crippen LogP contribution is -2.26. The standard InChI is InChI=1S/C15H17BrN2S.ClH/c1-10-14(11-2-4-13(16)5-3-11)18-15(19-10)12-6-8-17-9-7-12;/h2-5,12,17H,6-9H2,1H3;1H. The second-order valence-corrected chi connectivity index (χ2v) is 7.14. The van der Waals surface area contributed by atoms with Crippen LogP contribution in [0, 0.1) is 6.92 Å². The lowest BCUT2D eigenvalue weighted by Gasteiger charge is -2.20. The Kier molecular flexibility index (Phi) is 5.61. The Morgan fingerprint density at radius 3 is 2.50 bits per heavy atom. The van der Waals surface area contributed by atoms with Gasteiger partial charge in [0.25, 0.3) is 0 Å². The number of aromatic nitrogens is 1. The second kappa shape index (κ2) is 7.03. The maximum Gasteiger partial charge on any atom is 0.0967 e. The zero-order chi connectivity index (χ0) is 13.2. The number of nitrogens with one attached hydrogen (secondary N) is 1. The van der Waals surface area contributed by atoms with Crippen LogP contribution < -0.4 is 5.32 Å². The number of nitrogens with zero attached hydrogens (tertiary/aromatic N) is 1. The maximum atomic E-state index is 4.91. The van der Waals surface area contributed by atoms with E-state index in [2.05, 4.69) is 52.4 Å². The van der Waals surface area contributed by atoms with Gasteiger partial charge in [-0.15, -0.1) is 23.7 Å². The third-order valence-corrected chi connectivity index (χ3v) is 5.28. The number of rotatable bonds is 2. The Morgan fingerprint density at radius 2 is 1.85 bits per heavy atom. The van der Waals surface area contributed by atoms with Crippen molar-refractivity contribution < 1.29 is 0 Å². The van der Waals surface area contributed by atoms with E-state index in [-0.39, 0.29) is 12.4 Å². The third-order valence-electron chi connectivity index (χ3n) is 3.62. The van der Waals surface area contributed by atoms with Gasteiger partial charge < -0.3 is 5.32 Å². The minimum atomic E-state index is 0. The molecule has 5 heteroatoms. The van der Waals surface area contributed by atoms with Crippen molar-refractivity contribution in [2.24, 2.45) is 0 Å². The van der Waals surface area contributed by atoms with Crippen molar-refractivity contribution in [3.8, 4) is 11.3 Å². The minimum absolute atomic E-state index is 0. The summed E-state index contributed by atoms with van der Waals surface area (Å²) in [6.45, 7) is 4.42. The van der Waals surface area contributed by atoms with E-state index < -0.39 is 0 Å². The quantitative estimate of drug-likeness (QED) is 0.820. The highest BCUT2D eigenvalue weighted by Gasteiger charge is 2.20. The van der Waals surface area contributed by atoms with Gasteiger partial charge in [-0.05, 0) is 45.0 Å². The molecule has 0 amide bonds. The molecule has 1 fully saturated rings. The molecule has 2 nitrogen and oxygen atoms in total. The number of hydrogen-bond acceptors (Lipinski definition) is 3. The molecule has 0 atom stereocenters. The Labute approximate surface area is 138 Å². The summed E-state index contributed by atoms with van der Waals surface area (Å²) < 4.78 is 1.11. The highest BCUT2D eigenvalue weighted by molar-refractivity contribution is 9.10. The molecule has 0 saturated carbocycles. The lowest BCUT2D eigenvalue weighted by molar-refractivity contribution is 0.459. The first kappa shape index (κ1) is 16.0. The first-order valence-electron chi connectivity index (χ1n) is 6.68. The molecule has 1 N–H and O–H groups in total. The Hall–Kier alpha value is -0.420. The van der Waals surface area contributed by atoms with Crippen LogP contribution in [0.3, 0.4) is 0 Å². The van der Waals surface area contributed by atoms with Crippen molar-refractivity contribution in [3.05, 3.63) is 38.6 Å². The molecule has 108 valence electrons. The number of piperidine rings is 1. The molecule has 0 bridgehead atoms. The minimum Gasteiger partial charge on any atom is -0.317 e. The van der Waals surface area contributed by atoms with Crippen molar-refractivity contribution in [3.63, 3.8) is 0 Å². The van der Waals surface area contributed by atoms with Crippen LogP contribution in [0.4, 0.5) is 0 Å². The van der Waals surface area contributed by atoms with Gasteiger partial charge in [-0.3, -0.25) is 0 Å². The van der Waals surface area contributed by atoms with Gasteiger partial charge in [-0.2, -0.15) is 0 Å². The summed E-state index contributed by atoms with van der Waals surface area (Å²) in [7, 11) is 0. The third kappa shape index (κ3) is 3.42. The first-order valence-corrected chi connectivity index (χ1v) is 8.29. The Balaban J connectivity index is 0.00000147. The average Bonchev–Trinajstić information content (AvgIpc) is 2.83. The van der Waals surface area contributed by atoms with Crippen LogP contribution in [-0.4, -0.2) is 18.1 Å². The van der Waals surface area contributed by atoms with Crippen LogP contribution >= 0.6 is 39.7 Å². The van der Waals surface area contributed by atoms with Crippen molar-refractivity contribution in [2.45, 2.75) is 25.7 Å². The predicted molar refractivity (Wildman–Crippen MR) is 92.1 cm³/mol. The van der Waals surface area contributed by atoms with E-state index in [1.807, 2.05) is 11.3 Å². The molecule has 1 saturated heterocycles. The molecule has 3 rings (SSSR count). The van der Waals surface area contributed by atoms with Gasteiger partial charge in [0.1, 0.15) is 0 Å². The van der Waals surface area contributed by atoms with E-state index in [0.717, 1.165) is 23.3 Å². The molecule has 1 aromatic carbocycles. The summed E-state index contributed by atoms with van der Waals surface area (Å²) in [5, 5.41) is 4.73. The number of halogens is 2. The summed E-state index contributed by atoms with van der Waals surface area (Å²) in [6.07, 6.45) is 2.43. The topological polar surface area (TPSA) is 24.9 Å². The van der Waals surface area contributed by atoms with Gasteiger partial charge in [0, 0.05) is 20.8 Å². The van der Waals surface area contributed by atoms with Crippen LogP contribution in [0.2, 0.25) is 0 Å². The van der Waals surface area contributed by atoms with Crippen LogP contribution in [0.25, 0.3) is 11.3 Å². The fourth-order valence-corrected chi connectivity index (χ4v) is 3.91. The van der Waals surface area contributed by atoms with Gasteiger partial charge in [-0.1, -0.05) is 28.1 Å². The highest BCUT2D eigenvalue weighted by atomic mass is 79.9. The largest absolute Gasteiger partial charge is 0.317 e. The summed E-state index contributed by atoms with van der Waals surface area (Å²) in [5.41, 5.74) is 2.38. The smallest absolute Gasteiger partial charge is 0.0967 e. The average molecular weight is 374 g/mol. The molecule has 0 aliphatic carbocycles. The first-order chi connectivity index (χ1) is 9.24. The van der Waals surface area contributed by atoms with E-state index in [4.69, 9.17) is 4.98 Å². The van der Waals surface area contributed by atoms with Gasteiger partial charge >= 0.3 is 0 Å². The molecule has 1 aliphatic heterocycles. The summed E-state index contributed by atoms with van der Waals surface area (Å²) >= 11 is 5.35. The molecule has 20 heavy (non-hydrogen) atoms. The van der Waals surface area contributed by atoms with Crippen molar-refractivity contribution in [1.29, 1.82) is 0 Å². The van der Waals surface area contributed by atoms with Crippen molar-refractivity contribution in [1.82, 2.24) is 10.3 Å². The molecule has 0 unspecified atom stereocenters. The van der Waals surface area contributed by atoms with Gasteiger partial charge in [0.15, 0.2) is 0 Å². The monoisotopic (exact) mass is 372 g/mol. The molecule has 1 aliphatic rings. The maximum absolute atomic E-state index is 4.91. The second-order valence-electron chi connectivity index (χ2n) is 4.99. The fraction of sp³-hybridized carbons (Fsp3) is 0.400. The van der Waals surface area contributed by atoms with Crippen molar-refractivity contribution in [2.75, 3.05) is 13.1 Å². The van der Waals surface area contributed by atoms with E-state index in [0.29, 0.717) is 5.92 Å². The van der Waals surface area contributed by atoms with Crippen LogP contribution in [0.5, 0.6) is 0 Å². The summed E-state index contributed by atoms with van der Waals surface area (Å²) in [4.78, 5) is 6.24. The van der Waals surface area contributed by atoms with E-state index in [1.54, 1.807) is 0 Å². The molecule has 1 aromatic heterocycles. The zero-order valence-electron chi connectivity index (χ0n) is 11.4. The van der Waals surface area contributed by atoms with Gasteiger partial charge in [-0.25, -0.2) is 4.98 Å². The zero-order valence-corrected chi connectivity index (χ0v) is 14.6. The van der Waals surface area contributed by atoms with Crippen LogP contribution in [0.1, 0.15) is 28.6 Å². The predicted octanol–water partition coefficient (Wildman–Crippen LogP) is 4.77. The number of aryl methyl sites for hydroxylation is 1.